The maximum atomic E-state index is 5.03. The molecule has 0 radical (unpaired) electrons. The van der Waals surface area contributed by atoms with Crippen LogP contribution in [0.25, 0.3) is 0 Å². The summed E-state index contributed by atoms with van der Waals surface area (Å²) in [4.78, 5) is 11.1. The van der Waals surface area contributed by atoms with Crippen LogP contribution in [0.1, 0.15) is 19.4 Å². The number of benzene rings is 1. The second kappa shape index (κ2) is 9.08. The molecule has 6 nitrogen and oxygen atoms in total. The van der Waals surface area contributed by atoms with E-state index in [0.29, 0.717) is 19.1 Å². The van der Waals surface area contributed by atoms with E-state index in [1.807, 2.05) is 6.07 Å². The molecule has 0 amide bonds. The minimum atomic E-state index is 0.580. The summed E-state index contributed by atoms with van der Waals surface area (Å²) >= 11 is 0. The molecule has 130 valence electrons. The Labute approximate surface area is 144 Å². The Bertz CT molecular complexity index is 643. The van der Waals surface area contributed by atoms with Crippen LogP contribution in [0.15, 0.2) is 30.5 Å². The van der Waals surface area contributed by atoms with Crippen LogP contribution in [0.3, 0.4) is 0 Å². The monoisotopic (exact) mass is 329 g/mol. The summed E-state index contributed by atoms with van der Waals surface area (Å²) in [6.45, 7) is 9.78. The first kappa shape index (κ1) is 18.0. The predicted molar refractivity (Wildman–Crippen MR) is 100 cm³/mol. The van der Waals surface area contributed by atoms with Crippen molar-refractivity contribution in [2.45, 2.75) is 20.8 Å². The number of aryl methyl sites for hydroxylation is 1. The van der Waals surface area contributed by atoms with Crippen LogP contribution in [-0.4, -0.2) is 43.3 Å². The molecule has 1 aromatic carbocycles. The second-order valence-electron chi connectivity index (χ2n) is 5.48. The van der Waals surface area contributed by atoms with Crippen LogP contribution in [0, 0.1) is 6.92 Å². The van der Waals surface area contributed by atoms with Crippen LogP contribution in [0.5, 0.6) is 0 Å². The lowest BCUT2D eigenvalue weighted by molar-refractivity contribution is 0.210. The normalized spacial score (nSPS) is 10.5. The fourth-order valence-corrected chi connectivity index (χ4v) is 2.49. The van der Waals surface area contributed by atoms with E-state index in [4.69, 9.17) is 4.74 Å². The molecule has 1 aromatic heterocycles. The van der Waals surface area contributed by atoms with Crippen molar-refractivity contribution in [3.8, 4) is 0 Å². The van der Waals surface area contributed by atoms with Gasteiger partial charge in [-0.3, -0.25) is 0 Å². The number of nitrogens with one attached hydrogen (secondary N) is 2. The van der Waals surface area contributed by atoms with Gasteiger partial charge in [0.25, 0.3) is 0 Å². The number of hydrogen-bond acceptors (Lipinski definition) is 6. The molecule has 0 spiro atoms. The Hall–Kier alpha value is -2.34. The molecule has 0 unspecified atom stereocenters. The highest BCUT2D eigenvalue weighted by atomic mass is 16.5. The molecule has 0 aliphatic carbocycles. The molecule has 0 aliphatic rings. The molecule has 0 aliphatic heterocycles. The Kier molecular flexibility index (Phi) is 6.81. The van der Waals surface area contributed by atoms with Crippen molar-refractivity contribution >= 4 is 23.1 Å². The van der Waals surface area contributed by atoms with E-state index in [2.05, 4.69) is 64.5 Å². The second-order valence-corrected chi connectivity index (χ2v) is 5.48. The van der Waals surface area contributed by atoms with Crippen LogP contribution in [0.2, 0.25) is 0 Å². The first-order valence-electron chi connectivity index (χ1n) is 8.36. The molecule has 0 bridgehead atoms. The highest BCUT2D eigenvalue weighted by Gasteiger charge is 2.06. The van der Waals surface area contributed by atoms with Gasteiger partial charge < -0.3 is 20.3 Å². The zero-order chi connectivity index (χ0) is 17.4. The largest absolute Gasteiger partial charge is 0.383 e. The van der Waals surface area contributed by atoms with Gasteiger partial charge in [-0.05, 0) is 50.6 Å². The molecular formula is C18H27N5O. The van der Waals surface area contributed by atoms with Crippen molar-refractivity contribution in [1.82, 2.24) is 9.97 Å². The minimum absolute atomic E-state index is 0.580. The molecule has 0 atom stereocenters. The predicted octanol–water partition coefficient (Wildman–Crippen LogP) is 3.43. The summed E-state index contributed by atoms with van der Waals surface area (Å²) in [6.07, 6.45) is 1.74. The number of nitrogens with zero attached hydrogens (tertiary/aromatic N) is 3. The zero-order valence-electron chi connectivity index (χ0n) is 15.0. The lowest BCUT2D eigenvalue weighted by Crippen LogP contribution is -2.21. The molecule has 6 heteroatoms. The third kappa shape index (κ3) is 4.83. The van der Waals surface area contributed by atoms with Crippen LogP contribution in [-0.2, 0) is 4.74 Å². The van der Waals surface area contributed by atoms with Gasteiger partial charge in [-0.25, -0.2) is 4.98 Å². The van der Waals surface area contributed by atoms with E-state index in [1.54, 1.807) is 13.3 Å². The summed E-state index contributed by atoms with van der Waals surface area (Å²) in [5, 5.41) is 6.50. The standard InChI is InChI=1S/C18H27N5O/c1-5-23(6-2)15-7-8-16(14(3)13-15)21-18-20-10-9-17(22-18)19-11-12-24-4/h7-10,13H,5-6,11-12H2,1-4H3,(H2,19,20,21,22). The maximum Gasteiger partial charge on any atom is 0.229 e. The Morgan fingerprint density at radius 3 is 2.62 bits per heavy atom. The number of methoxy groups -OCH3 is 1. The average molecular weight is 329 g/mol. The highest BCUT2D eigenvalue weighted by Crippen LogP contribution is 2.24. The number of hydrogen-bond donors (Lipinski definition) is 2. The molecule has 24 heavy (non-hydrogen) atoms. The molecule has 1 heterocycles. The molecular weight excluding hydrogens is 302 g/mol. The Morgan fingerprint density at radius 2 is 1.96 bits per heavy atom. The quantitative estimate of drug-likeness (QED) is 0.687. The van der Waals surface area contributed by atoms with Gasteiger partial charge in [0.1, 0.15) is 5.82 Å². The number of rotatable bonds is 9. The van der Waals surface area contributed by atoms with E-state index < -0.39 is 0 Å². The van der Waals surface area contributed by atoms with Gasteiger partial charge in [0.05, 0.1) is 6.61 Å². The molecule has 0 saturated heterocycles. The van der Waals surface area contributed by atoms with Crippen LogP contribution in [0.4, 0.5) is 23.1 Å². The lowest BCUT2D eigenvalue weighted by atomic mass is 10.1. The fourth-order valence-electron chi connectivity index (χ4n) is 2.49. The number of aromatic nitrogens is 2. The smallest absolute Gasteiger partial charge is 0.229 e. The third-order valence-corrected chi connectivity index (χ3v) is 3.85. The SMILES string of the molecule is CCN(CC)c1ccc(Nc2nccc(NCCOC)n2)c(C)c1. The summed E-state index contributed by atoms with van der Waals surface area (Å²) < 4.78 is 5.03. The molecule has 2 aromatic rings. The van der Waals surface area contributed by atoms with Crippen molar-refractivity contribution in [2.24, 2.45) is 0 Å². The first-order valence-corrected chi connectivity index (χ1v) is 8.36. The number of ether oxygens (including phenoxy) is 1. The van der Waals surface area contributed by atoms with Gasteiger partial charge >= 0.3 is 0 Å². The van der Waals surface area contributed by atoms with E-state index in [-0.39, 0.29) is 0 Å². The van der Waals surface area contributed by atoms with E-state index in [1.165, 1.54) is 11.3 Å². The zero-order valence-corrected chi connectivity index (χ0v) is 15.0. The third-order valence-electron chi connectivity index (χ3n) is 3.85. The van der Waals surface area contributed by atoms with Gasteiger partial charge in [0.15, 0.2) is 0 Å². The summed E-state index contributed by atoms with van der Waals surface area (Å²) in [7, 11) is 1.68. The first-order chi connectivity index (χ1) is 11.7. The highest BCUT2D eigenvalue weighted by molar-refractivity contribution is 5.64. The van der Waals surface area contributed by atoms with Gasteiger partial charge in [-0.15, -0.1) is 0 Å². The van der Waals surface area contributed by atoms with Crippen molar-refractivity contribution in [2.75, 3.05) is 48.9 Å². The van der Waals surface area contributed by atoms with Crippen molar-refractivity contribution in [3.05, 3.63) is 36.0 Å². The number of anilines is 4. The van der Waals surface area contributed by atoms with Gasteiger partial charge in [-0.2, -0.15) is 4.98 Å². The summed E-state index contributed by atoms with van der Waals surface area (Å²) in [6, 6.07) is 8.24. The van der Waals surface area contributed by atoms with E-state index in [0.717, 1.165) is 24.6 Å². The topological polar surface area (TPSA) is 62.3 Å². The minimum Gasteiger partial charge on any atom is -0.383 e. The average Bonchev–Trinajstić information content (AvgIpc) is 2.59. The van der Waals surface area contributed by atoms with Crippen molar-refractivity contribution < 1.29 is 4.74 Å². The molecule has 2 rings (SSSR count). The van der Waals surface area contributed by atoms with Gasteiger partial charge in [0.2, 0.25) is 5.95 Å². The molecule has 0 saturated carbocycles. The van der Waals surface area contributed by atoms with E-state index >= 15 is 0 Å². The van der Waals surface area contributed by atoms with Crippen LogP contribution >= 0.6 is 0 Å². The van der Waals surface area contributed by atoms with Gasteiger partial charge in [-0.1, -0.05) is 0 Å². The molecule has 2 N–H and O–H groups in total. The van der Waals surface area contributed by atoms with Crippen molar-refractivity contribution in [3.63, 3.8) is 0 Å². The summed E-state index contributed by atoms with van der Waals surface area (Å²) in [5.41, 5.74) is 3.42. The van der Waals surface area contributed by atoms with Gasteiger partial charge in [0, 0.05) is 44.3 Å². The lowest BCUT2D eigenvalue weighted by Gasteiger charge is -2.22. The van der Waals surface area contributed by atoms with Crippen molar-refractivity contribution in [1.29, 1.82) is 0 Å². The Morgan fingerprint density at radius 1 is 1.17 bits per heavy atom. The molecule has 0 fully saturated rings. The van der Waals surface area contributed by atoms with Crippen LogP contribution < -0.4 is 15.5 Å². The fraction of sp³-hybridized carbons (Fsp3) is 0.444. The summed E-state index contributed by atoms with van der Waals surface area (Å²) in [5.74, 6) is 1.36. The maximum absolute atomic E-state index is 5.03. The Balaban J connectivity index is 2.09. The van der Waals surface area contributed by atoms with E-state index in [9.17, 15) is 0 Å².